The smallest absolute Gasteiger partial charge is 0.273 e. The normalized spacial score (nSPS) is 15.5. The molecule has 0 atom stereocenters. The monoisotopic (exact) mass is 401 g/mol. The third-order valence-electron chi connectivity index (χ3n) is 3.79. The van der Waals surface area contributed by atoms with Crippen molar-refractivity contribution in [3.63, 3.8) is 0 Å². The van der Waals surface area contributed by atoms with Crippen LogP contribution in [0.3, 0.4) is 0 Å². The number of carbonyl (C=O) groups is 2. The second kappa shape index (κ2) is 9.14. The number of nitrogens with one attached hydrogen (secondary N) is 3. The van der Waals surface area contributed by atoms with Crippen molar-refractivity contribution in [2.75, 3.05) is 45.9 Å². The summed E-state index contributed by atoms with van der Waals surface area (Å²) in [5.74, 6) is -0.377. The van der Waals surface area contributed by atoms with E-state index >= 15 is 0 Å². The summed E-state index contributed by atoms with van der Waals surface area (Å²) in [6, 6.07) is 0. The Morgan fingerprint density at radius 3 is 2.67 bits per heavy atom. The van der Waals surface area contributed by atoms with Gasteiger partial charge >= 0.3 is 0 Å². The average Bonchev–Trinajstić information content (AvgIpc) is 2.95. The molecule has 0 radical (unpaired) electrons. The van der Waals surface area contributed by atoms with Crippen LogP contribution in [0.5, 0.6) is 0 Å². The summed E-state index contributed by atoms with van der Waals surface area (Å²) < 4.78 is 5.91. The maximum Gasteiger partial charge on any atom is 0.273 e. The fourth-order valence-electron chi connectivity index (χ4n) is 2.36. The molecule has 8 nitrogen and oxygen atoms in total. The molecular weight excluding hydrogens is 378 g/mol. The van der Waals surface area contributed by atoms with Crippen molar-refractivity contribution in [3.8, 4) is 0 Å². The molecule has 1 aromatic heterocycles. The van der Waals surface area contributed by atoms with E-state index in [0.717, 1.165) is 38.5 Å². The molecule has 2 rings (SSSR count). The van der Waals surface area contributed by atoms with Gasteiger partial charge in [0.1, 0.15) is 0 Å². The molecule has 1 aromatic rings. The summed E-state index contributed by atoms with van der Waals surface area (Å²) in [5, 5.41) is 12.2. The van der Waals surface area contributed by atoms with Gasteiger partial charge in [-0.3, -0.25) is 19.6 Å². The lowest BCUT2D eigenvalue weighted by Gasteiger charge is -2.26. The van der Waals surface area contributed by atoms with Gasteiger partial charge in [-0.25, -0.2) is 0 Å². The maximum absolute atomic E-state index is 12.1. The van der Waals surface area contributed by atoms with Crippen LogP contribution in [0.15, 0.2) is 4.47 Å². The van der Waals surface area contributed by atoms with Crippen LogP contribution in [-0.2, 0) is 9.53 Å². The summed E-state index contributed by atoms with van der Waals surface area (Å²) >= 11 is 3.37. The van der Waals surface area contributed by atoms with Crippen molar-refractivity contribution in [2.24, 2.45) is 0 Å². The second-order valence-corrected chi connectivity index (χ2v) is 6.73. The Morgan fingerprint density at radius 1 is 1.33 bits per heavy atom. The zero-order valence-electron chi connectivity index (χ0n) is 14.0. The summed E-state index contributed by atoms with van der Waals surface area (Å²) in [4.78, 5) is 26.1. The van der Waals surface area contributed by atoms with Crippen LogP contribution in [0.1, 0.15) is 35.9 Å². The predicted octanol–water partition coefficient (Wildman–Crippen LogP) is 0.474. The number of aromatic amines is 1. The van der Waals surface area contributed by atoms with E-state index in [1.54, 1.807) is 0 Å². The molecule has 0 unspecified atom stereocenters. The summed E-state index contributed by atoms with van der Waals surface area (Å²) in [6.45, 7) is 8.52. The molecule has 1 saturated heterocycles. The molecule has 0 aliphatic carbocycles. The van der Waals surface area contributed by atoms with Crippen molar-refractivity contribution in [1.29, 1.82) is 0 Å². The lowest BCUT2D eigenvalue weighted by molar-refractivity contribution is -0.120. The van der Waals surface area contributed by atoms with Crippen molar-refractivity contribution in [2.45, 2.75) is 19.8 Å². The van der Waals surface area contributed by atoms with Gasteiger partial charge in [-0.2, -0.15) is 5.10 Å². The number of nitrogens with zero attached hydrogens (tertiary/aromatic N) is 2. The van der Waals surface area contributed by atoms with E-state index < -0.39 is 0 Å². The third kappa shape index (κ3) is 5.29. The highest BCUT2D eigenvalue weighted by Crippen LogP contribution is 2.25. The first-order chi connectivity index (χ1) is 11.5. The van der Waals surface area contributed by atoms with Gasteiger partial charge in [0, 0.05) is 26.2 Å². The SMILES string of the molecule is CC(C)c1[nH]nc(C(=O)NCC(=O)NCCN2CCOCC2)c1Br. The molecule has 24 heavy (non-hydrogen) atoms. The molecule has 2 heterocycles. The molecule has 1 aliphatic heterocycles. The fraction of sp³-hybridized carbons (Fsp3) is 0.667. The second-order valence-electron chi connectivity index (χ2n) is 5.94. The van der Waals surface area contributed by atoms with Gasteiger partial charge in [0.05, 0.1) is 29.9 Å². The van der Waals surface area contributed by atoms with Crippen molar-refractivity contribution in [1.82, 2.24) is 25.7 Å². The minimum absolute atomic E-state index is 0.0712. The van der Waals surface area contributed by atoms with Crippen LogP contribution < -0.4 is 10.6 Å². The molecular formula is C15H24BrN5O3. The minimum atomic E-state index is -0.381. The molecule has 0 bridgehead atoms. The molecule has 1 fully saturated rings. The predicted molar refractivity (Wildman–Crippen MR) is 93.0 cm³/mol. The quantitative estimate of drug-likeness (QED) is 0.616. The summed E-state index contributed by atoms with van der Waals surface area (Å²) in [5.41, 5.74) is 1.12. The Bertz CT molecular complexity index is 569. The van der Waals surface area contributed by atoms with Crippen molar-refractivity contribution >= 4 is 27.7 Å². The van der Waals surface area contributed by atoms with E-state index in [-0.39, 0.29) is 30.0 Å². The lowest BCUT2D eigenvalue weighted by atomic mass is 10.1. The van der Waals surface area contributed by atoms with Gasteiger partial charge in [0.15, 0.2) is 5.69 Å². The number of H-pyrrole nitrogens is 1. The van der Waals surface area contributed by atoms with Crippen molar-refractivity contribution in [3.05, 3.63) is 15.9 Å². The Balaban J connectivity index is 1.70. The first kappa shape index (κ1) is 18.9. The van der Waals surface area contributed by atoms with Crippen LogP contribution >= 0.6 is 15.9 Å². The molecule has 9 heteroatoms. The Hall–Kier alpha value is -1.45. The van der Waals surface area contributed by atoms with Crippen LogP contribution in [-0.4, -0.2) is 72.8 Å². The maximum atomic E-state index is 12.1. The van der Waals surface area contributed by atoms with Gasteiger partial charge in [0.25, 0.3) is 5.91 Å². The number of halogens is 1. The van der Waals surface area contributed by atoms with E-state index in [9.17, 15) is 9.59 Å². The van der Waals surface area contributed by atoms with Gasteiger partial charge in [0.2, 0.25) is 5.91 Å². The summed E-state index contributed by atoms with van der Waals surface area (Å²) in [7, 11) is 0. The summed E-state index contributed by atoms with van der Waals surface area (Å²) in [6.07, 6.45) is 0. The van der Waals surface area contributed by atoms with Crippen LogP contribution in [0.25, 0.3) is 0 Å². The number of rotatable bonds is 7. The first-order valence-corrected chi connectivity index (χ1v) is 8.87. The van der Waals surface area contributed by atoms with E-state index in [1.807, 2.05) is 13.8 Å². The first-order valence-electron chi connectivity index (χ1n) is 8.07. The number of ether oxygens (including phenoxy) is 1. The van der Waals surface area contributed by atoms with Gasteiger partial charge in [-0.1, -0.05) is 13.8 Å². The number of hydrogen-bond acceptors (Lipinski definition) is 5. The number of morpholine rings is 1. The van der Waals surface area contributed by atoms with E-state index in [2.05, 4.69) is 41.7 Å². The topological polar surface area (TPSA) is 99.3 Å². The number of amides is 2. The molecule has 0 spiro atoms. The number of hydrogen-bond donors (Lipinski definition) is 3. The highest BCUT2D eigenvalue weighted by Gasteiger charge is 2.19. The highest BCUT2D eigenvalue weighted by atomic mass is 79.9. The lowest BCUT2D eigenvalue weighted by Crippen LogP contribution is -2.43. The molecule has 3 N–H and O–H groups in total. The van der Waals surface area contributed by atoms with Gasteiger partial charge in [-0.15, -0.1) is 0 Å². The Labute approximate surface area is 149 Å². The molecule has 134 valence electrons. The number of carbonyl (C=O) groups excluding carboxylic acids is 2. The minimum Gasteiger partial charge on any atom is -0.379 e. The van der Waals surface area contributed by atoms with Crippen LogP contribution in [0.4, 0.5) is 0 Å². The molecule has 0 saturated carbocycles. The van der Waals surface area contributed by atoms with E-state index in [0.29, 0.717) is 11.0 Å². The molecule has 0 aromatic carbocycles. The molecule has 2 amide bonds. The fourth-order valence-corrected chi connectivity index (χ4v) is 3.18. The van der Waals surface area contributed by atoms with Gasteiger partial charge in [-0.05, 0) is 21.8 Å². The zero-order valence-corrected chi connectivity index (χ0v) is 15.6. The largest absolute Gasteiger partial charge is 0.379 e. The highest BCUT2D eigenvalue weighted by molar-refractivity contribution is 9.10. The third-order valence-corrected chi connectivity index (χ3v) is 4.59. The van der Waals surface area contributed by atoms with E-state index in [4.69, 9.17) is 4.74 Å². The van der Waals surface area contributed by atoms with Crippen LogP contribution in [0.2, 0.25) is 0 Å². The standard InChI is InChI=1S/C15H24BrN5O3/c1-10(2)13-12(16)14(20-19-13)15(23)18-9-11(22)17-3-4-21-5-7-24-8-6-21/h10H,3-9H2,1-2H3,(H,17,22)(H,18,23)(H,19,20). The van der Waals surface area contributed by atoms with Crippen LogP contribution in [0, 0.1) is 0 Å². The van der Waals surface area contributed by atoms with E-state index in [1.165, 1.54) is 0 Å². The number of aromatic nitrogens is 2. The Morgan fingerprint density at radius 2 is 2.04 bits per heavy atom. The Kier molecular flexibility index (Phi) is 7.19. The van der Waals surface area contributed by atoms with Crippen molar-refractivity contribution < 1.29 is 14.3 Å². The molecule has 1 aliphatic rings. The van der Waals surface area contributed by atoms with Gasteiger partial charge < -0.3 is 15.4 Å². The zero-order chi connectivity index (χ0) is 17.5. The average molecular weight is 402 g/mol.